The second-order valence-electron chi connectivity index (χ2n) is 4.23. The van der Waals surface area contributed by atoms with E-state index in [1.165, 1.54) is 12.1 Å². The molecule has 0 saturated heterocycles. The van der Waals surface area contributed by atoms with Crippen molar-refractivity contribution in [3.05, 3.63) is 53.6 Å². The van der Waals surface area contributed by atoms with Gasteiger partial charge in [-0.15, -0.1) is 0 Å². The number of rotatable bonds is 5. The molecule has 0 amide bonds. The van der Waals surface area contributed by atoms with Gasteiger partial charge >= 0.3 is 0 Å². The molecule has 2 aromatic rings. The van der Waals surface area contributed by atoms with E-state index in [1.807, 2.05) is 11.5 Å². The van der Waals surface area contributed by atoms with Gasteiger partial charge in [-0.05, 0) is 18.6 Å². The zero-order valence-corrected chi connectivity index (χ0v) is 10.6. The van der Waals surface area contributed by atoms with Crippen LogP contribution in [0.15, 0.2) is 30.6 Å². The highest BCUT2D eigenvalue weighted by Gasteiger charge is 2.14. The lowest BCUT2D eigenvalue weighted by Crippen LogP contribution is -2.12. The molecule has 0 N–H and O–H groups in total. The van der Waals surface area contributed by atoms with Crippen molar-refractivity contribution >= 4 is 5.78 Å². The number of nitrogens with zero attached hydrogens (tertiary/aromatic N) is 2. The van der Waals surface area contributed by atoms with Gasteiger partial charge in [0.25, 0.3) is 0 Å². The summed E-state index contributed by atoms with van der Waals surface area (Å²) in [5.41, 5.74) is 0.0830. The monoisotopic (exact) mass is 264 g/mol. The highest BCUT2D eigenvalue weighted by Crippen LogP contribution is 2.13. The Labute approximate surface area is 109 Å². The smallest absolute Gasteiger partial charge is 0.162 e. The third-order valence-electron chi connectivity index (χ3n) is 2.92. The average Bonchev–Trinajstić information content (AvgIpc) is 2.82. The van der Waals surface area contributed by atoms with E-state index in [2.05, 4.69) is 4.98 Å². The van der Waals surface area contributed by atoms with Gasteiger partial charge in [-0.1, -0.05) is 12.1 Å². The van der Waals surface area contributed by atoms with Gasteiger partial charge < -0.3 is 4.57 Å². The molecule has 1 heterocycles. The van der Waals surface area contributed by atoms with Gasteiger partial charge in [0.1, 0.15) is 11.6 Å². The maximum atomic E-state index is 13.4. The summed E-state index contributed by atoms with van der Waals surface area (Å²) in [5, 5.41) is 0. The van der Waals surface area contributed by atoms with Crippen LogP contribution >= 0.6 is 0 Å². The van der Waals surface area contributed by atoms with E-state index in [1.54, 1.807) is 12.4 Å². The van der Waals surface area contributed by atoms with Crippen molar-refractivity contribution in [2.75, 3.05) is 0 Å². The number of benzene rings is 1. The van der Waals surface area contributed by atoms with Crippen LogP contribution in [0, 0.1) is 11.6 Å². The SMILES string of the molecule is CCn1ccnc1CC(=O)Cc1cccc(F)c1F. The summed E-state index contributed by atoms with van der Waals surface area (Å²) in [5.74, 6) is -1.43. The van der Waals surface area contributed by atoms with Crippen LogP contribution in [-0.4, -0.2) is 15.3 Å². The molecule has 0 aliphatic carbocycles. The van der Waals surface area contributed by atoms with E-state index in [9.17, 15) is 13.6 Å². The molecule has 0 saturated carbocycles. The number of aryl methyl sites for hydroxylation is 1. The number of carbonyl (C=O) groups is 1. The lowest BCUT2D eigenvalue weighted by molar-refractivity contribution is -0.118. The quantitative estimate of drug-likeness (QED) is 0.831. The molecule has 100 valence electrons. The van der Waals surface area contributed by atoms with Crippen molar-refractivity contribution in [1.82, 2.24) is 9.55 Å². The molecule has 0 bridgehead atoms. The minimum Gasteiger partial charge on any atom is -0.335 e. The van der Waals surface area contributed by atoms with Crippen LogP contribution in [0.1, 0.15) is 18.3 Å². The van der Waals surface area contributed by atoms with Crippen LogP contribution in [-0.2, 0) is 24.2 Å². The summed E-state index contributed by atoms with van der Waals surface area (Å²) >= 11 is 0. The van der Waals surface area contributed by atoms with Crippen molar-refractivity contribution in [3.8, 4) is 0 Å². The highest BCUT2D eigenvalue weighted by atomic mass is 19.2. The number of carbonyl (C=O) groups excluding carboxylic acids is 1. The Kier molecular flexibility index (Phi) is 4.04. The molecule has 0 radical (unpaired) electrons. The Bertz CT molecular complexity index is 593. The predicted octanol–water partition coefficient (Wildman–Crippen LogP) is 2.54. The molecule has 0 fully saturated rings. The number of imidazole rings is 1. The molecule has 0 aliphatic rings. The largest absolute Gasteiger partial charge is 0.335 e. The summed E-state index contributed by atoms with van der Waals surface area (Å²) < 4.78 is 28.3. The molecule has 1 aromatic carbocycles. The fourth-order valence-electron chi connectivity index (χ4n) is 1.93. The van der Waals surface area contributed by atoms with Crippen LogP contribution in [0.5, 0.6) is 0 Å². The molecule has 0 unspecified atom stereocenters. The van der Waals surface area contributed by atoms with E-state index >= 15 is 0 Å². The first kappa shape index (κ1) is 13.4. The number of hydrogen-bond donors (Lipinski definition) is 0. The average molecular weight is 264 g/mol. The Hall–Kier alpha value is -2.04. The van der Waals surface area contributed by atoms with E-state index in [4.69, 9.17) is 0 Å². The second kappa shape index (κ2) is 5.73. The summed E-state index contributed by atoms with van der Waals surface area (Å²) in [6, 6.07) is 3.85. The van der Waals surface area contributed by atoms with Gasteiger partial charge in [-0.25, -0.2) is 13.8 Å². The van der Waals surface area contributed by atoms with E-state index < -0.39 is 11.6 Å². The number of hydrogen-bond acceptors (Lipinski definition) is 2. The maximum absolute atomic E-state index is 13.4. The Morgan fingerprint density at radius 1 is 1.32 bits per heavy atom. The molecule has 0 aliphatic heterocycles. The van der Waals surface area contributed by atoms with Crippen LogP contribution in [0.3, 0.4) is 0 Å². The van der Waals surface area contributed by atoms with Crippen LogP contribution in [0.25, 0.3) is 0 Å². The minimum atomic E-state index is -0.949. The summed E-state index contributed by atoms with van der Waals surface area (Å²) in [7, 11) is 0. The summed E-state index contributed by atoms with van der Waals surface area (Å²) in [6.07, 6.45) is 3.40. The summed E-state index contributed by atoms with van der Waals surface area (Å²) in [6.45, 7) is 2.67. The lowest BCUT2D eigenvalue weighted by atomic mass is 10.1. The molecule has 19 heavy (non-hydrogen) atoms. The number of halogens is 2. The number of aromatic nitrogens is 2. The first-order chi connectivity index (χ1) is 9.11. The van der Waals surface area contributed by atoms with Crippen molar-refractivity contribution in [2.45, 2.75) is 26.3 Å². The third kappa shape index (κ3) is 3.05. The minimum absolute atomic E-state index is 0.0830. The fraction of sp³-hybridized carbons (Fsp3) is 0.286. The molecular formula is C14H14F2N2O. The maximum Gasteiger partial charge on any atom is 0.162 e. The number of Topliss-reactive ketones (excluding diaryl/α,β-unsaturated/α-hetero) is 1. The lowest BCUT2D eigenvalue weighted by Gasteiger charge is -2.05. The normalized spacial score (nSPS) is 10.7. The predicted molar refractivity (Wildman–Crippen MR) is 66.7 cm³/mol. The van der Waals surface area contributed by atoms with Crippen molar-refractivity contribution < 1.29 is 13.6 Å². The van der Waals surface area contributed by atoms with Crippen molar-refractivity contribution in [2.24, 2.45) is 0 Å². The first-order valence-electron chi connectivity index (χ1n) is 6.06. The second-order valence-corrected chi connectivity index (χ2v) is 4.23. The molecule has 1 aromatic heterocycles. The van der Waals surface area contributed by atoms with E-state index in [-0.39, 0.29) is 24.2 Å². The number of ketones is 1. The highest BCUT2D eigenvalue weighted by molar-refractivity contribution is 5.82. The van der Waals surface area contributed by atoms with Crippen LogP contribution in [0.2, 0.25) is 0 Å². The molecular weight excluding hydrogens is 250 g/mol. The molecule has 0 spiro atoms. The van der Waals surface area contributed by atoms with Gasteiger partial charge in [0.15, 0.2) is 11.6 Å². The van der Waals surface area contributed by atoms with Crippen LogP contribution < -0.4 is 0 Å². The topological polar surface area (TPSA) is 34.9 Å². The molecule has 0 atom stereocenters. The fourth-order valence-corrected chi connectivity index (χ4v) is 1.93. The standard InChI is InChI=1S/C14H14F2N2O/c1-2-18-7-6-17-13(18)9-11(19)8-10-4-3-5-12(15)14(10)16/h3-7H,2,8-9H2,1H3. The van der Waals surface area contributed by atoms with Gasteiger partial charge in [0, 0.05) is 25.4 Å². The third-order valence-corrected chi connectivity index (χ3v) is 2.92. The molecule has 5 heteroatoms. The van der Waals surface area contributed by atoms with Crippen LogP contribution in [0.4, 0.5) is 8.78 Å². The molecule has 3 nitrogen and oxygen atoms in total. The van der Waals surface area contributed by atoms with Gasteiger partial charge in [0.2, 0.25) is 0 Å². The van der Waals surface area contributed by atoms with Gasteiger partial charge in [0.05, 0.1) is 6.42 Å². The zero-order chi connectivity index (χ0) is 13.8. The Morgan fingerprint density at radius 2 is 2.11 bits per heavy atom. The Balaban J connectivity index is 2.08. The summed E-state index contributed by atoms with van der Waals surface area (Å²) in [4.78, 5) is 16.0. The Morgan fingerprint density at radius 3 is 2.84 bits per heavy atom. The zero-order valence-electron chi connectivity index (χ0n) is 10.6. The van der Waals surface area contributed by atoms with Gasteiger partial charge in [-0.2, -0.15) is 0 Å². The van der Waals surface area contributed by atoms with Gasteiger partial charge in [-0.3, -0.25) is 4.79 Å². The van der Waals surface area contributed by atoms with E-state index in [0.717, 1.165) is 12.6 Å². The first-order valence-corrected chi connectivity index (χ1v) is 6.06. The molecule has 2 rings (SSSR count). The van der Waals surface area contributed by atoms with Crippen molar-refractivity contribution in [1.29, 1.82) is 0 Å². The van der Waals surface area contributed by atoms with Crippen molar-refractivity contribution in [3.63, 3.8) is 0 Å². The van der Waals surface area contributed by atoms with E-state index in [0.29, 0.717) is 5.82 Å².